The molecule has 0 radical (unpaired) electrons. The fourth-order valence-electron chi connectivity index (χ4n) is 4.83. The lowest BCUT2D eigenvalue weighted by molar-refractivity contribution is 0.103. The van der Waals surface area contributed by atoms with Crippen molar-refractivity contribution in [1.82, 2.24) is 29.0 Å². The van der Waals surface area contributed by atoms with E-state index >= 15 is 0 Å². The summed E-state index contributed by atoms with van der Waals surface area (Å²) in [5, 5.41) is 0. The van der Waals surface area contributed by atoms with Gasteiger partial charge >= 0.3 is 0 Å². The van der Waals surface area contributed by atoms with Gasteiger partial charge in [-0.15, -0.1) is 0 Å². The van der Waals surface area contributed by atoms with Gasteiger partial charge in [-0.1, -0.05) is 18.2 Å². The van der Waals surface area contributed by atoms with Crippen LogP contribution < -0.4 is 0 Å². The highest BCUT2D eigenvalue weighted by Crippen LogP contribution is 2.40. The average Bonchev–Trinajstić information content (AvgIpc) is 3.41. The van der Waals surface area contributed by atoms with Crippen molar-refractivity contribution in [3.05, 3.63) is 78.4 Å². The Morgan fingerprint density at radius 2 is 1.87 bits per heavy atom. The van der Waals surface area contributed by atoms with E-state index in [9.17, 15) is 0 Å². The molecule has 30 heavy (non-hydrogen) atoms. The SMILES string of the molecule is Cc1cccnc1[C@@H]1CCC[C@H](c2nc3ccccc3n2CCn2ccnc2)N1C. The first-order chi connectivity index (χ1) is 14.7. The highest BCUT2D eigenvalue weighted by molar-refractivity contribution is 5.76. The van der Waals surface area contributed by atoms with E-state index in [-0.39, 0.29) is 6.04 Å². The molecule has 6 nitrogen and oxygen atoms in total. The summed E-state index contributed by atoms with van der Waals surface area (Å²) in [5.41, 5.74) is 4.74. The quantitative estimate of drug-likeness (QED) is 0.494. The average molecular weight is 401 g/mol. The van der Waals surface area contributed by atoms with E-state index in [0.717, 1.165) is 37.3 Å². The van der Waals surface area contributed by atoms with Crippen molar-refractivity contribution < 1.29 is 0 Å². The Bertz CT molecular complexity index is 1130. The lowest BCUT2D eigenvalue weighted by atomic mass is 9.92. The number of benzene rings is 1. The molecule has 154 valence electrons. The summed E-state index contributed by atoms with van der Waals surface area (Å²) in [4.78, 5) is 16.5. The van der Waals surface area contributed by atoms with E-state index in [1.165, 1.54) is 23.2 Å². The standard InChI is InChI=1S/C24H28N6/c1-18-7-6-12-26-23(18)21-10-5-11-22(28(21)2)24-27-19-8-3-4-9-20(19)30(24)16-15-29-14-13-25-17-29/h3-4,6-9,12-14,17,21-22H,5,10-11,15-16H2,1-2H3/t21-,22+/m0/s1. The van der Waals surface area contributed by atoms with Gasteiger partial charge in [0.05, 0.1) is 35.1 Å². The van der Waals surface area contributed by atoms with Gasteiger partial charge < -0.3 is 9.13 Å². The van der Waals surface area contributed by atoms with Crippen LogP contribution >= 0.6 is 0 Å². The van der Waals surface area contributed by atoms with Gasteiger partial charge in [-0.3, -0.25) is 9.88 Å². The molecule has 6 heteroatoms. The van der Waals surface area contributed by atoms with Gasteiger partial charge in [0.25, 0.3) is 0 Å². The van der Waals surface area contributed by atoms with Gasteiger partial charge in [-0.25, -0.2) is 9.97 Å². The van der Waals surface area contributed by atoms with Crippen molar-refractivity contribution in [3.8, 4) is 0 Å². The number of aromatic nitrogens is 5. The number of imidazole rings is 2. The minimum absolute atomic E-state index is 0.278. The van der Waals surface area contributed by atoms with Crippen LogP contribution in [0.5, 0.6) is 0 Å². The molecule has 2 atom stereocenters. The van der Waals surface area contributed by atoms with E-state index < -0.39 is 0 Å². The molecule has 1 fully saturated rings. The van der Waals surface area contributed by atoms with Crippen LogP contribution in [0.1, 0.15) is 48.4 Å². The summed E-state index contributed by atoms with van der Waals surface area (Å²) in [6, 6.07) is 13.3. The molecule has 0 N–H and O–H groups in total. The van der Waals surface area contributed by atoms with Crippen LogP contribution in [-0.4, -0.2) is 36.0 Å². The van der Waals surface area contributed by atoms with Crippen molar-refractivity contribution in [2.24, 2.45) is 0 Å². The third kappa shape index (κ3) is 3.41. The number of fused-ring (bicyclic) bond motifs is 1. The van der Waals surface area contributed by atoms with E-state index in [1.807, 2.05) is 31.0 Å². The zero-order chi connectivity index (χ0) is 20.5. The van der Waals surface area contributed by atoms with Crippen LogP contribution in [0.25, 0.3) is 11.0 Å². The number of nitrogens with zero attached hydrogens (tertiary/aromatic N) is 6. The second-order valence-electron chi connectivity index (χ2n) is 8.24. The van der Waals surface area contributed by atoms with Crippen molar-refractivity contribution in [3.63, 3.8) is 0 Å². The van der Waals surface area contributed by atoms with E-state index in [1.54, 1.807) is 0 Å². The van der Waals surface area contributed by atoms with Crippen molar-refractivity contribution in [2.45, 2.75) is 51.4 Å². The molecule has 3 aromatic heterocycles. The third-order valence-electron chi connectivity index (χ3n) is 6.43. The Morgan fingerprint density at radius 1 is 1.00 bits per heavy atom. The highest BCUT2D eigenvalue weighted by atomic mass is 15.2. The summed E-state index contributed by atoms with van der Waals surface area (Å²) in [7, 11) is 2.24. The van der Waals surface area contributed by atoms with Crippen molar-refractivity contribution >= 4 is 11.0 Å². The first kappa shape index (κ1) is 19.0. The topological polar surface area (TPSA) is 51.8 Å². The highest BCUT2D eigenvalue weighted by Gasteiger charge is 2.34. The molecular formula is C24H28N6. The maximum absolute atomic E-state index is 5.11. The Hall–Kier alpha value is -2.99. The Labute approximate surface area is 177 Å². The minimum Gasteiger partial charge on any atom is -0.336 e. The summed E-state index contributed by atoms with van der Waals surface area (Å²) < 4.78 is 4.54. The first-order valence-electron chi connectivity index (χ1n) is 10.8. The zero-order valence-corrected chi connectivity index (χ0v) is 17.6. The Kier molecular flexibility index (Phi) is 5.09. The summed E-state index contributed by atoms with van der Waals surface area (Å²) >= 11 is 0. The molecule has 1 saturated heterocycles. The number of hydrogen-bond acceptors (Lipinski definition) is 4. The molecule has 0 bridgehead atoms. The first-order valence-corrected chi connectivity index (χ1v) is 10.8. The smallest absolute Gasteiger partial charge is 0.127 e. The molecule has 0 saturated carbocycles. The van der Waals surface area contributed by atoms with Gasteiger partial charge in [0.2, 0.25) is 0 Å². The molecule has 5 rings (SSSR count). The van der Waals surface area contributed by atoms with E-state index in [2.05, 4.69) is 63.3 Å². The molecular weight excluding hydrogens is 372 g/mol. The largest absolute Gasteiger partial charge is 0.336 e. The molecule has 1 aromatic carbocycles. The number of rotatable bonds is 5. The molecule has 0 spiro atoms. The lowest BCUT2D eigenvalue weighted by Crippen LogP contribution is -2.35. The Morgan fingerprint density at radius 3 is 2.70 bits per heavy atom. The molecule has 4 heterocycles. The number of likely N-dealkylation sites (tertiary alicyclic amines) is 1. The van der Waals surface area contributed by atoms with Crippen LogP contribution in [0.15, 0.2) is 61.3 Å². The summed E-state index contributed by atoms with van der Waals surface area (Å²) in [6.07, 6.45) is 11.1. The second kappa shape index (κ2) is 8.03. The number of pyridine rings is 1. The van der Waals surface area contributed by atoms with Gasteiger partial charge in [-0.2, -0.15) is 0 Å². The third-order valence-corrected chi connectivity index (χ3v) is 6.43. The monoisotopic (exact) mass is 400 g/mol. The number of hydrogen-bond donors (Lipinski definition) is 0. The second-order valence-corrected chi connectivity index (χ2v) is 8.24. The Balaban J connectivity index is 1.51. The molecule has 4 aromatic rings. The van der Waals surface area contributed by atoms with Crippen LogP contribution in [-0.2, 0) is 13.1 Å². The fraction of sp³-hybridized carbons (Fsp3) is 0.375. The van der Waals surface area contributed by atoms with Gasteiger partial charge in [0, 0.05) is 31.7 Å². The predicted octanol–water partition coefficient (Wildman–Crippen LogP) is 4.53. The van der Waals surface area contributed by atoms with Gasteiger partial charge in [-0.05, 0) is 57.0 Å². The maximum atomic E-state index is 5.11. The van der Waals surface area contributed by atoms with Crippen molar-refractivity contribution in [1.29, 1.82) is 0 Å². The van der Waals surface area contributed by atoms with Gasteiger partial charge in [0.1, 0.15) is 5.82 Å². The van der Waals surface area contributed by atoms with E-state index in [0.29, 0.717) is 6.04 Å². The number of para-hydroxylation sites is 2. The molecule has 0 amide bonds. The molecule has 0 unspecified atom stereocenters. The molecule has 1 aliphatic heterocycles. The zero-order valence-electron chi connectivity index (χ0n) is 17.6. The number of piperidine rings is 1. The van der Waals surface area contributed by atoms with Crippen LogP contribution in [0, 0.1) is 6.92 Å². The minimum atomic E-state index is 0.278. The summed E-state index contributed by atoms with van der Waals surface area (Å²) in [5.74, 6) is 1.16. The molecule has 1 aliphatic rings. The van der Waals surface area contributed by atoms with Crippen molar-refractivity contribution in [2.75, 3.05) is 7.05 Å². The van der Waals surface area contributed by atoms with Crippen LogP contribution in [0.4, 0.5) is 0 Å². The predicted molar refractivity (Wildman–Crippen MR) is 118 cm³/mol. The van der Waals surface area contributed by atoms with Gasteiger partial charge in [0.15, 0.2) is 0 Å². The fourth-order valence-corrected chi connectivity index (χ4v) is 4.83. The van der Waals surface area contributed by atoms with Crippen LogP contribution in [0.2, 0.25) is 0 Å². The summed E-state index contributed by atoms with van der Waals surface area (Å²) in [6.45, 7) is 3.93. The normalized spacial score (nSPS) is 20.1. The molecule has 0 aliphatic carbocycles. The lowest BCUT2D eigenvalue weighted by Gasteiger charge is -2.39. The number of aryl methyl sites for hydroxylation is 3. The van der Waals surface area contributed by atoms with Crippen LogP contribution in [0.3, 0.4) is 0 Å². The maximum Gasteiger partial charge on any atom is 0.127 e. The van der Waals surface area contributed by atoms with E-state index in [4.69, 9.17) is 9.97 Å².